The standard InChI is InChI=1S/C17H26N6O/c1-20(2)17(24)23-11-14-13(15(14)12-23)10-21-5-7-22(8-6-21)16-9-18-3-4-19-16/h3-4,9,13-15H,5-8,10-12H2,1-2H3/t13?,14-,15+. The Hall–Kier alpha value is -1.89. The zero-order valence-electron chi connectivity index (χ0n) is 14.5. The number of nitrogens with zero attached hydrogens (tertiary/aromatic N) is 6. The number of urea groups is 1. The molecule has 2 aliphatic heterocycles. The molecule has 3 atom stereocenters. The lowest BCUT2D eigenvalue weighted by Crippen LogP contribution is -2.48. The first kappa shape index (κ1) is 15.6. The summed E-state index contributed by atoms with van der Waals surface area (Å²) in [6.07, 6.45) is 5.32. The summed E-state index contributed by atoms with van der Waals surface area (Å²) in [5.74, 6) is 3.23. The maximum atomic E-state index is 12.0. The van der Waals surface area contributed by atoms with Crippen LogP contribution < -0.4 is 4.90 Å². The van der Waals surface area contributed by atoms with Gasteiger partial charge in [0.25, 0.3) is 0 Å². The van der Waals surface area contributed by atoms with Crippen molar-refractivity contribution < 1.29 is 4.79 Å². The van der Waals surface area contributed by atoms with Gasteiger partial charge in [0.15, 0.2) is 0 Å². The van der Waals surface area contributed by atoms with Crippen LogP contribution in [0.2, 0.25) is 0 Å². The minimum atomic E-state index is 0.165. The van der Waals surface area contributed by atoms with Gasteiger partial charge in [0.2, 0.25) is 0 Å². The molecule has 2 saturated heterocycles. The molecule has 0 aromatic carbocycles. The van der Waals surface area contributed by atoms with Crippen LogP contribution in [0.1, 0.15) is 0 Å². The van der Waals surface area contributed by atoms with E-state index in [1.54, 1.807) is 17.3 Å². The molecule has 1 aromatic rings. The number of anilines is 1. The molecular weight excluding hydrogens is 304 g/mol. The number of amides is 2. The fourth-order valence-corrected chi connectivity index (χ4v) is 4.27. The van der Waals surface area contributed by atoms with Crippen molar-refractivity contribution in [3.63, 3.8) is 0 Å². The average Bonchev–Trinajstić information content (AvgIpc) is 3.05. The summed E-state index contributed by atoms with van der Waals surface area (Å²) >= 11 is 0. The van der Waals surface area contributed by atoms with Crippen LogP contribution in [0.3, 0.4) is 0 Å². The predicted octanol–water partition coefficient (Wildman–Crippen LogP) is 0.458. The third-order valence-electron chi connectivity index (χ3n) is 5.74. The van der Waals surface area contributed by atoms with Gasteiger partial charge < -0.3 is 14.7 Å². The molecule has 0 spiro atoms. The summed E-state index contributed by atoms with van der Waals surface area (Å²) in [6.45, 7) is 7.31. The van der Waals surface area contributed by atoms with Crippen molar-refractivity contribution in [1.82, 2.24) is 24.7 Å². The number of carbonyl (C=O) groups excluding carboxylic acids is 1. The quantitative estimate of drug-likeness (QED) is 0.806. The molecule has 1 unspecified atom stereocenters. The van der Waals surface area contributed by atoms with E-state index >= 15 is 0 Å². The second-order valence-corrected chi connectivity index (χ2v) is 7.42. The normalized spacial score (nSPS) is 29.5. The molecule has 2 amide bonds. The van der Waals surface area contributed by atoms with E-state index in [9.17, 15) is 4.79 Å². The maximum absolute atomic E-state index is 12.0. The van der Waals surface area contributed by atoms with Crippen LogP contribution in [0.15, 0.2) is 18.6 Å². The highest BCUT2D eigenvalue weighted by Crippen LogP contribution is 2.52. The number of likely N-dealkylation sites (tertiary alicyclic amines) is 1. The van der Waals surface area contributed by atoms with Crippen LogP contribution in [0.5, 0.6) is 0 Å². The van der Waals surface area contributed by atoms with E-state index < -0.39 is 0 Å². The Bertz CT molecular complexity index is 574. The molecule has 4 rings (SSSR count). The Balaban J connectivity index is 1.22. The van der Waals surface area contributed by atoms with Crippen LogP contribution in [0, 0.1) is 17.8 Å². The van der Waals surface area contributed by atoms with Gasteiger partial charge in [-0.2, -0.15) is 0 Å². The fourth-order valence-electron chi connectivity index (χ4n) is 4.27. The first-order valence-corrected chi connectivity index (χ1v) is 8.83. The zero-order valence-corrected chi connectivity index (χ0v) is 14.5. The van der Waals surface area contributed by atoms with Crippen molar-refractivity contribution in [3.8, 4) is 0 Å². The van der Waals surface area contributed by atoms with Gasteiger partial charge in [-0.1, -0.05) is 0 Å². The monoisotopic (exact) mass is 330 g/mol. The SMILES string of the molecule is CN(C)C(=O)N1C[C@@H]2C(CN3CCN(c4cnccn4)CC3)[C@@H]2C1. The molecule has 7 heteroatoms. The Morgan fingerprint density at radius 3 is 2.46 bits per heavy atom. The first-order valence-electron chi connectivity index (χ1n) is 8.83. The van der Waals surface area contributed by atoms with Gasteiger partial charge in [0.05, 0.1) is 6.20 Å². The summed E-state index contributed by atoms with van der Waals surface area (Å²) in [5, 5.41) is 0. The molecule has 3 aliphatic rings. The summed E-state index contributed by atoms with van der Waals surface area (Å²) in [4.78, 5) is 29.1. The van der Waals surface area contributed by atoms with Crippen molar-refractivity contribution in [2.45, 2.75) is 0 Å². The summed E-state index contributed by atoms with van der Waals surface area (Å²) < 4.78 is 0. The van der Waals surface area contributed by atoms with Crippen LogP contribution in [0.25, 0.3) is 0 Å². The lowest BCUT2D eigenvalue weighted by Gasteiger charge is -2.35. The molecule has 3 heterocycles. The molecule has 0 radical (unpaired) electrons. The second kappa shape index (κ2) is 6.20. The molecule has 24 heavy (non-hydrogen) atoms. The highest BCUT2D eigenvalue weighted by molar-refractivity contribution is 5.74. The molecule has 0 bridgehead atoms. The Morgan fingerprint density at radius 2 is 1.88 bits per heavy atom. The predicted molar refractivity (Wildman–Crippen MR) is 91.8 cm³/mol. The minimum absolute atomic E-state index is 0.165. The Labute approximate surface area is 143 Å². The lowest BCUT2D eigenvalue weighted by atomic mass is 10.2. The highest BCUT2D eigenvalue weighted by Gasteiger charge is 2.56. The van der Waals surface area contributed by atoms with Gasteiger partial charge in [0.1, 0.15) is 5.82 Å². The summed E-state index contributed by atoms with van der Waals surface area (Å²) in [7, 11) is 3.67. The Morgan fingerprint density at radius 1 is 1.17 bits per heavy atom. The van der Waals surface area contributed by atoms with E-state index in [2.05, 4.69) is 19.8 Å². The van der Waals surface area contributed by atoms with Crippen LogP contribution >= 0.6 is 0 Å². The van der Waals surface area contributed by atoms with Crippen molar-refractivity contribution in [1.29, 1.82) is 0 Å². The van der Waals surface area contributed by atoms with Crippen molar-refractivity contribution >= 4 is 11.8 Å². The van der Waals surface area contributed by atoms with E-state index in [0.717, 1.165) is 62.8 Å². The van der Waals surface area contributed by atoms with E-state index in [-0.39, 0.29) is 6.03 Å². The van der Waals surface area contributed by atoms with Gasteiger partial charge in [-0.05, 0) is 17.8 Å². The largest absolute Gasteiger partial charge is 0.353 e. The van der Waals surface area contributed by atoms with Gasteiger partial charge >= 0.3 is 6.03 Å². The van der Waals surface area contributed by atoms with Gasteiger partial charge in [0, 0.05) is 72.3 Å². The molecule has 1 saturated carbocycles. The number of piperazine rings is 1. The lowest BCUT2D eigenvalue weighted by molar-refractivity contribution is 0.169. The van der Waals surface area contributed by atoms with E-state index in [0.29, 0.717) is 0 Å². The number of hydrogen-bond donors (Lipinski definition) is 0. The molecule has 3 fully saturated rings. The third kappa shape index (κ3) is 2.92. The number of carbonyl (C=O) groups is 1. The van der Waals surface area contributed by atoms with E-state index in [1.165, 1.54) is 6.54 Å². The third-order valence-corrected chi connectivity index (χ3v) is 5.74. The fraction of sp³-hybridized carbons (Fsp3) is 0.706. The summed E-state index contributed by atoms with van der Waals surface area (Å²) in [5.41, 5.74) is 0. The van der Waals surface area contributed by atoms with Gasteiger partial charge in [-0.15, -0.1) is 0 Å². The molecular formula is C17H26N6O. The smallest absolute Gasteiger partial charge is 0.319 e. The average molecular weight is 330 g/mol. The number of rotatable bonds is 3. The number of aromatic nitrogens is 2. The van der Waals surface area contributed by atoms with Crippen molar-refractivity contribution in [2.75, 3.05) is 64.8 Å². The maximum Gasteiger partial charge on any atom is 0.319 e. The summed E-state index contributed by atoms with van der Waals surface area (Å²) in [6, 6.07) is 0.165. The van der Waals surface area contributed by atoms with Crippen LogP contribution in [-0.2, 0) is 0 Å². The molecule has 1 aromatic heterocycles. The highest BCUT2D eigenvalue weighted by atomic mass is 16.2. The van der Waals surface area contributed by atoms with Crippen molar-refractivity contribution in [2.24, 2.45) is 17.8 Å². The van der Waals surface area contributed by atoms with Gasteiger partial charge in [-0.3, -0.25) is 9.88 Å². The topological polar surface area (TPSA) is 55.8 Å². The van der Waals surface area contributed by atoms with Crippen LogP contribution in [-0.4, -0.2) is 90.6 Å². The second-order valence-electron chi connectivity index (χ2n) is 7.42. The molecule has 7 nitrogen and oxygen atoms in total. The van der Waals surface area contributed by atoms with E-state index in [1.807, 2.05) is 25.2 Å². The molecule has 0 N–H and O–H groups in total. The van der Waals surface area contributed by atoms with Gasteiger partial charge in [-0.25, -0.2) is 9.78 Å². The number of fused-ring (bicyclic) bond motifs is 1. The first-order chi connectivity index (χ1) is 11.6. The number of hydrogen-bond acceptors (Lipinski definition) is 5. The Kier molecular flexibility index (Phi) is 4.04. The van der Waals surface area contributed by atoms with E-state index in [4.69, 9.17) is 0 Å². The molecule has 130 valence electrons. The minimum Gasteiger partial charge on any atom is -0.353 e. The number of piperidine rings is 1. The van der Waals surface area contributed by atoms with Crippen LogP contribution in [0.4, 0.5) is 10.6 Å². The van der Waals surface area contributed by atoms with Crippen molar-refractivity contribution in [3.05, 3.63) is 18.6 Å². The molecule has 1 aliphatic carbocycles. The zero-order chi connectivity index (χ0) is 16.7.